The highest BCUT2D eigenvalue weighted by Crippen LogP contribution is 2.43. The molecule has 0 radical (unpaired) electrons. The predicted molar refractivity (Wildman–Crippen MR) is 101 cm³/mol. The van der Waals surface area contributed by atoms with Crippen LogP contribution in [0.5, 0.6) is 10.8 Å². The van der Waals surface area contributed by atoms with E-state index < -0.39 is 5.97 Å². The monoisotopic (exact) mass is 387 g/mol. The molecule has 5 nitrogen and oxygen atoms in total. The molecule has 1 aromatic heterocycles. The van der Waals surface area contributed by atoms with Gasteiger partial charge in [-0.05, 0) is 49.8 Å². The van der Waals surface area contributed by atoms with Crippen LogP contribution in [0.2, 0.25) is 0 Å². The third kappa shape index (κ3) is 3.48. The van der Waals surface area contributed by atoms with Gasteiger partial charge in [0.2, 0.25) is 0 Å². The van der Waals surface area contributed by atoms with E-state index in [2.05, 4.69) is 6.07 Å². The molecule has 0 bridgehead atoms. The number of ketones is 1. The van der Waals surface area contributed by atoms with Crippen molar-refractivity contribution in [3.63, 3.8) is 0 Å². The molecule has 7 heteroatoms. The summed E-state index contributed by atoms with van der Waals surface area (Å²) in [6.45, 7) is 2.03. The van der Waals surface area contributed by atoms with Gasteiger partial charge in [-0.25, -0.2) is 4.79 Å². The van der Waals surface area contributed by atoms with Crippen molar-refractivity contribution in [3.8, 4) is 16.9 Å². The van der Waals surface area contributed by atoms with Gasteiger partial charge in [-0.2, -0.15) is 5.26 Å². The first-order valence-electron chi connectivity index (χ1n) is 8.21. The summed E-state index contributed by atoms with van der Waals surface area (Å²) in [6.07, 6.45) is 3.72. The molecule has 0 saturated heterocycles. The van der Waals surface area contributed by atoms with Crippen LogP contribution >= 0.6 is 23.1 Å². The summed E-state index contributed by atoms with van der Waals surface area (Å²) < 4.78 is 11.1. The Kier molecular flexibility index (Phi) is 5.64. The van der Waals surface area contributed by atoms with Crippen LogP contribution in [0.4, 0.5) is 0 Å². The number of rotatable bonds is 5. The molecule has 134 valence electrons. The van der Waals surface area contributed by atoms with Gasteiger partial charge in [0.1, 0.15) is 16.7 Å². The number of thiophene rings is 1. The molecule has 3 rings (SSSR count). The highest BCUT2D eigenvalue weighted by atomic mass is 32.2. The van der Waals surface area contributed by atoms with Gasteiger partial charge in [0, 0.05) is 11.3 Å². The molecule has 0 fully saturated rings. The Morgan fingerprint density at radius 1 is 1.38 bits per heavy atom. The van der Waals surface area contributed by atoms with E-state index >= 15 is 0 Å². The zero-order valence-electron chi connectivity index (χ0n) is 14.5. The van der Waals surface area contributed by atoms with E-state index in [0.29, 0.717) is 39.7 Å². The first-order valence-corrected chi connectivity index (χ1v) is 10.2. The van der Waals surface area contributed by atoms with E-state index in [9.17, 15) is 9.59 Å². The molecule has 2 aromatic rings. The SMILES string of the molecule is CCOC(=O)c1sc(Oc2ccc(C#N)c(SC)c2)c2c1CCCC2=O. The Morgan fingerprint density at radius 3 is 2.88 bits per heavy atom. The van der Waals surface area contributed by atoms with E-state index in [4.69, 9.17) is 14.7 Å². The molecule has 26 heavy (non-hydrogen) atoms. The molecule has 0 amide bonds. The zero-order chi connectivity index (χ0) is 18.7. The van der Waals surface area contributed by atoms with Crippen LogP contribution in [0.1, 0.15) is 50.9 Å². The summed E-state index contributed by atoms with van der Waals surface area (Å²) in [5.74, 6) is 0.112. The lowest BCUT2D eigenvalue weighted by atomic mass is 9.92. The van der Waals surface area contributed by atoms with Gasteiger partial charge in [-0.3, -0.25) is 4.79 Å². The summed E-state index contributed by atoms with van der Waals surface area (Å²) in [5, 5.41) is 9.56. The lowest BCUT2D eigenvalue weighted by Gasteiger charge is -2.13. The van der Waals surface area contributed by atoms with Crippen LogP contribution < -0.4 is 4.74 Å². The van der Waals surface area contributed by atoms with Crippen LogP contribution in [0.3, 0.4) is 0 Å². The van der Waals surface area contributed by atoms with Crippen molar-refractivity contribution >= 4 is 34.9 Å². The van der Waals surface area contributed by atoms with Gasteiger partial charge in [0.25, 0.3) is 0 Å². The maximum atomic E-state index is 12.4. The molecular weight excluding hydrogens is 370 g/mol. The minimum Gasteiger partial charge on any atom is -0.462 e. The third-order valence-electron chi connectivity index (χ3n) is 4.05. The fourth-order valence-electron chi connectivity index (χ4n) is 2.88. The summed E-state index contributed by atoms with van der Waals surface area (Å²) in [5.41, 5.74) is 1.80. The quantitative estimate of drug-likeness (QED) is 0.540. The minimum atomic E-state index is -0.414. The number of esters is 1. The number of benzene rings is 1. The van der Waals surface area contributed by atoms with Gasteiger partial charge in [0.05, 0.1) is 17.7 Å². The van der Waals surface area contributed by atoms with E-state index in [1.165, 1.54) is 11.8 Å². The van der Waals surface area contributed by atoms with Crippen molar-refractivity contribution in [3.05, 3.63) is 39.8 Å². The van der Waals surface area contributed by atoms with Crippen LogP contribution in [-0.4, -0.2) is 24.6 Å². The van der Waals surface area contributed by atoms with Gasteiger partial charge >= 0.3 is 5.97 Å². The van der Waals surface area contributed by atoms with E-state index in [0.717, 1.165) is 28.2 Å². The molecule has 0 saturated carbocycles. The summed E-state index contributed by atoms with van der Waals surface area (Å²) in [7, 11) is 0. The fraction of sp³-hybridized carbons (Fsp3) is 0.316. The lowest BCUT2D eigenvalue weighted by molar-refractivity contribution is 0.0531. The first kappa shape index (κ1) is 18.5. The van der Waals surface area contributed by atoms with Crippen molar-refractivity contribution in [1.29, 1.82) is 5.26 Å². The summed E-state index contributed by atoms with van der Waals surface area (Å²) in [4.78, 5) is 25.9. The number of hydrogen-bond donors (Lipinski definition) is 0. The fourth-order valence-corrected chi connectivity index (χ4v) is 4.58. The van der Waals surface area contributed by atoms with Gasteiger partial charge in [0.15, 0.2) is 10.8 Å². The zero-order valence-corrected chi connectivity index (χ0v) is 16.1. The Morgan fingerprint density at radius 2 is 2.19 bits per heavy atom. The van der Waals surface area contributed by atoms with Crippen LogP contribution in [0.25, 0.3) is 0 Å². The molecule has 0 aliphatic heterocycles. The number of ether oxygens (including phenoxy) is 2. The predicted octanol–water partition coefficient (Wildman–Crippen LogP) is 4.83. The standard InChI is InChI=1S/C19H17NO4S2/c1-3-23-18(22)17-13-5-4-6-14(21)16(13)19(26-17)24-12-8-7-11(10-20)15(9-12)25-2/h7-9H,3-6H2,1-2H3. The van der Waals surface area contributed by atoms with E-state index in [-0.39, 0.29) is 12.4 Å². The highest BCUT2D eigenvalue weighted by molar-refractivity contribution is 7.98. The average molecular weight is 387 g/mol. The Hall–Kier alpha value is -2.30. The molecule has 0 unspecified atom stereocenters. The molecular formula is C19H17NO4S2. The summed E-state index contributed by atoms with van der Waals surface area (Å²) >= 11 is 2.61. The number of thioether (sulfide) groups is 1. The van der Waals surface area contributed by atoms with Gasteiger partial charge in [-0.15, -0.1) is 11.8 Å². The average Bonchev–Trinajstić information content (AvgIpc) is 3.01. The smallest absolute Gasteiger partial charge is 0.348 e. The number of nitrogens with zero attached hydrogens (tertiary/aromatic N) is 1. The van der Waals surface area contributed by atoms with Crippen molar-refractivity contribution in [1.82, 2.24) is 0 Å². The molecule has 0 spiro atoms. The number of Topliss-reactive ketones (excluding diaryl/α,β-unsaturated/α-hetero) is 1. The molecule has 0 atom stereocenters. The molecule has 1 heterocycles. The molecule has 1 aromatic carbocycles. The Balaban J connectivity index is 2.01. The second kappa shape index (κ2) is 7.94. The van der Waals surface area contributed by atoms with Gasteiger partial charge in [-0.1, -0.05) is 11.3 Å². The maximum absolute atomic E-state index is 12.4. The largest absolute Gasteiger partial charge is 0.462 e. The van der Waals surface area contributed by atoms with Crippen LogP contribution in [-0.2, 0) is 11.2 Å². The second-order valence-corrected chi connectivity index (χ2v) is 7.48. The molecule has 1 aliphatic carbocycles. The molecule has 0 N–H and O–H groups in total. The number of nitriles is 1. The Labute approximate surface area is 159 Å². The van der Waals surface area contributed by atoms with E-state index in [1.54, 1.807) is 25.1 Å². The lowest BCUT2D eigenvalue weighted by Crippen LogP contribution is -2.13. The van der Waals surface area contributed by atoms with Crippen LogP contribution in [0, 0.1) is 11.3 Å². The van der Waals surface area contributed by atoms with Crippen molar-refractivity contribution in [2.75, 3.05) is 12.9 Å². The highest BCUT2D eigenvalue weighted by Gasteiger charge is 2.31. The van der Waals surface area contributed by atoms with E-state index in [1.807, 2.05) is 6.26 Å². The van der Waals surface area contributed by atoms with Crippen molar-refractivity contribution < 1.29 is 19.1 Å². The van der Waals surface area contributed by atoms with Crippen molar-refractivity contribution in [2.24, 2.45) is 0 Å². The van der Waals surface area contributed by atoms with Gasteiger partial charge < -0.3 is 9.47 Å². The summed E-state index contributed by atoms with van der Waals surface area (Å²) in [6, 6.07) is 7.30. The number of carbonyl (C=O) groups excluding carboxylic acids is 2. The molecule has 1 aliphatic rings. The number of fused-ring (bicyclic) bond motifs is 1. The first-order chi connectivity index (χ1) is 12.6. The third-order valence-corrected chi connectivity index (χ3v) is 5.92. The second-order valence-electron chi connectivity index (χ2n) is 5.65. The normalized spacial score (nSPS) is 13.0. The minimum absolute atomic E-state index is 0.00761. The Bertz CT molecular complexity index is 911. The van der Waals surface area contributed by atoms with Crippen LogP contribution in [0.15, 0.2) is 23.1 Å². The number of carbonyl (C=O) groups is 2. The maximum Gasteiger partial charge on any atom is 0.348 e. The van der Waals surface area contributed by atoms with Crippen molar-refractivity contribution in [2.45, 2.75) is 31.1 Å². The number of hydrogen-bond acceptors (Lipinski definition) is 7. The topological polar surface area (TPSA) is 76.4 Å².